The minimum atomic E-state index is -0.216. The molecule has 0 bridgehead atoms. The minimum absolute atomic E-state index is 0.216. The van der Waals surface area contributed by atoms with E-state index in [9.17, 15) is 4.79 Å². The zero-order chi connectivity index (χ0) is 17.6. The molecule has 1 aromatic heterocycles. The van der Waals surface area contributed by atoms with Gasteiger partial charge in [-0.1, -0.05) is 18.2 Å². The number of aromatic nitrogens is 2. The number of nitrogens with zero attached hydrogens (tertiary/aromatic N) is 3. The zero-order valence-electron chi connectivity index (χ0n) is 14.7. The molecule has 3 rings (SSSR count). The molecule has 0 saturated carbocycles. The molecule has 1 aliphatic rings. The molecular formula is C19H24N4O2. The molecule has 132 valence electrons. The quantitative estimate of drug-likeness (QED) is 0.905. The summed E-state index contributed by atoms with van der Waals surface area (Å²) in [6.07, 6.45) is 3.31. The van der Waals surface area contributed by atoms with Crippen LogP contribution in [0.2, 0.25) is 0 Å². The van der Waals surface area contributed by atoms with Crippen LogP contribution in [0, 0.1) is 5.92 Å². The minimum Gasteiger partial charge on any atom is -0.496 e. The highest BCUT2D eigenvalue weighted by molar-refractivity contribution is 5.91. The van der Waals surface area contributed by atoms with Crippen molar-refractivity contribution in [1.82, 2.24) is 15.5 Å². The maximum Gasteiger partial charge on any atom is 0.271 e. The lowest BCUT2D eigenvalue weighted by molar-refractivity contribution is 0.0957. The van der Waals surface area contributed by atoms with E-state index in [-0.39, 0.29) is 5.91 Å². The molecule has 25 heavy (non-hydrogen) atoms. The van der Waals surface area contributed by atoms with E-state index in [0.717, 1.165) is 37.5 Å². The highest BCUT2D eigenvalue weighted by Crippen LogP contribution is 2.27. The average molecular weight is 340 g/mol. The van der Waals surface area contributed by atoms with Crippen molar-refractivity contribution < 1.29 is 9.53 Å². The first-order valence-electron chi connectivity index (χ1n) is 8.64. The van der Waals surface area contributed by atoms with Crippen molar-refractivity contribution in [3.63, 3.8) is 0 Å². The fraction of sp³-hybridized carbons (Fsp3) is 0.421. The summed E-state index contributed by atoms with van der Waals surface area (Å²) in [5.74, 6) is 2.11. The van der Waals surface area contributed by atoms with Gasteiger partial charge in [0.25, 0.3) is 5.91 Å². The normalized spacial score (nSPS) is 17.2. The third kappa shape index (κ3) is 4.07. The van der Waals surface area contributed by atoms with Gasteiger partial charge < -0.3 is 15.0 Å². The second kappa shape index (κ2) is 7.96. The summed E-state index contributed by atoms with van der Waals surface area (Å²) in [5, 5.41) is 10.8. The topological polar surface area (TPSA) is 67.4 Å². The van der Waals surface area contributed by atoms with Gasteiger partial charge in [0.15, 0.2) is 11.5 Å². The number of carbonyl (C=O) groups excluding carboxylic acids is 1. The van der Waals surface area contributed by atoms with Crippen LogP contribution in [-0.4, -0.2) is 43.4 Å². The molecule has 1 fully saturated rings. The van der Waals surface area contributed by atoms with E-state index in [0.29, 0.717) is 11.6 Å². The van der Waals surface area contributed by atoms with E-state index < -0.39 is 0 Å². The Hall–Kier alpha value is -2.63. The smallest absolute Gasteiger partial charge is 0.271 e. The van der Waals surface area contributed by atoms with Gasteiger partial charge in [-0.2, -0.15) is 0 Å². The van der Waals surface area contributed by atoms with Crippen molar-refractivity contribution >= 4 is 11.7 Å². The van der Waals surface area contributed by atoms with Gasteiger partial charge in [0.2, 0.25) is 0 Å². The van der Waals surface area contributed by atoms with Gasteiger partial charge in [-0.25, -0.2) is 0 Å². The molecule has 6 nitrogen and oxygen atoms in total. The van der Waals surface area contributed by atoms with Crippen molar-refractivity contribution in [1.29, 1.82) is 0 Å². The Morgan fingerprint density at radius 3 is 2.84 bits per heavy atom. The predicted octanol–water partition coefficient (Wildman–Crippen LogP) is 2.30. The highest BCUT2D eigenvalue weighted by Gasteiger charge is 2.22. The number of rotatable bonds is 5. The number of nitrogens with one attached hydrogen (secondary N) is 1. The van der Waals surface area contributed by atoms with Crippen molar-refractivity contribution in [2.75, 3.05) is 32.1 Å². The van der Waals surface area contributed by atoms with Crippen LogP contribution in [-0.2, 0) is 6.42 Å². The van der Waals surface area contributed by atoms with Crippen molar-refractivity contribution in [2.45, 2.75) is 19.3 Å². The summed E-state index contributed by atoms with van der Waals surface area (Å²) >= 11 is 0. The number of piperidine rings is 1. The number of anilines is 1. The van der Waals surface area contributed by atoms with E-state index in [1.54, 1.807) is 20.2 Å². The van der Waals surface area contributed by atoms with Gasteiger partial charge >= 0.3 is 0 Å². The third-order valence-electron chi connectivity index (χ3n) is 4.65. The van der Waals surface area contributed by atoms with Crippen LogP contribution >= 0.6 is 0 Å². The molecule has 6 heteroatoms. The molecule has 1 aliphatic heterocycles. The summed E-state index contributed by atoms with van der Waals surface area (Å²) in [4.78, 5) is 13.8. The molecule has 0 radical (unpaired) electrons. The number of carbonyl (C=O) groups is 1. The number of methoxy groups -OCH3 is 1. The predicted molar refractivity (Wildman–Crippen MR) is 97.1 cm³/mol. The number of hydrogen-bond acceptors (Lipinski definition) is 5. The molecule has 1 N–H and O–H groups in total. The first kappa shape index (κ1) is 17.2. The third-order valence-corrected chi connectivity index (χ3v) is 4.65. The monoisotopic (exact) mass is 340 g/mol. The SMILES string of the molecule is CNC(=O)c1ccc(N2CCC[C@H](Cc3ccccc3OC)C2)nn1. The number of amides is 1. The molecule has 1 atom stereocenters. The number of hydrogen-bond donors (Lipinski definition) is 1. The van der Waals surface area contributed by atoms with E-state index in [1.165, 1.54) is 12.0 Å². The van der Waals surface area contributed by atoms with Crippen LogP contribution in [0.1, 0.15) is 28.9 Å². The number of para-hydroxylation sites is 1. The summed E-state index contributed by atoms with van der Waals surface area (Å²) < 4.78 is 5.47. The maximum absolute atomic E-state index is 11.6. The first-order chi connectivity index (χ1) is 12.2. The Labute approximate surface area is 148 Å². The van der Waals surface area contributed by atoms with Gasteiger partial charge in [-0.3, -0.25) is 4.79 Å². The van der Waals surface area contributed by atoms with E-state index in [1.807, 2.05) is 18.2 Å². The Morgan fingerprint density at radius 1 is 1.28 bits per heavy atom. The largest absolute Gasteiger partial charge is 0.496 e. The molecule has 1 amide bonds. The lowest BCUT2D eigenvalue weighted by Crippen LogP contribution is -2.37. The summed E-state index contributed by atoms with van der Waals surface area (Å²) in [5.41, 5.74) is 1.59. The van der Waals surface area contributed by atoms with Crippen LogP contribution in [0.25, 0.3) is 0 Å². The van der Waals surface area contributed by atoms with Crippen molar-refractivity contribution in [2.24, 2.45) is 5.92 Å². The number of benzene rings is 1. The molecule has 1 aromatic carbocycles. The van der Waals surface area contributed by atoms with Crippen LogP contribution < -0.4 is 15.0 Å². The van der Waals surface area contributed by atoms with Crippen molar-refractivity contribution in [3.8, 4) is 5.75 Å². The standard InChI is InChI=1S/C19H24N4O2/c1-20-19(24)16-9-10-18(22-21-16)23-11-5-6-14(13-23)12-15-7-3-4-8-17(15)25-2/h3-4,7-10,14H,5-6,11-13H2,1-2H3,(H,20,24)/t14-/m1/s1. The van der Waals surface area contributed by atoms with Gasteiger partial charge in [0, 0.05) is 20.1 Å². The Balaban J connectivity index is 1.67. The first-order valence-corrected chi connectivity index (χ1v) is 8.64. The Kier molecular flexibility index (Phi) is 5.48. The summed E-state index contributed by atoms with van der Waals surface area (Å²) in [7, 11) is 3.31. The summed E-state index contributed by atoms with van der Waals surface area (Å²) in [6, 6.07) is 11.8. The van der Waals surface area contributed by atoms with Gasteiger partial charge in [0.05, 0.1) is 7.11 Å². The van der Waals surface area contributed by atoms with Crippen LogP contribution in [0.4, 0.5) is 5.82 Å². The lowest BCUT2D eigenvalue weighted by Gasteiger charge is -2.33. The average Bonchev–Trinajstić information content (AvgIpc) is 2.68. The van der Waals surface area contributed by atoms with E-state index in [4.69, 9.17) is 4.74 Å². The fourth-order valence-electron chi connectivity index (χ4n) is 3.37. The molecule has 2 heterocycles. The maximum atomic E-state index is 11.6. The Morgan fingerprint density at radius 2 is 2.12 bits per heavy atom. The van der Waals surface area contributed by atoms with Crippen LogP contribution in [0.3, 0.4) is 0 Å². The second-order valence-corrected chi connectivity index (χ2v) is 6.33. The highest BCUT2D eigenvalue weighted by atomic mass is 16.5. The lowest BCUT2D eigenvalue weighted by atomic mass is 9.91. The summed E-state index contributed by atoms with van der Waals surface area (Å²) in [6.45, 7) is 1.91. The van der Waals surface area contributed by atoms with Gasteiger partial charge in [-0.15, -0.1) is 10.2 Å². The Bertz CT molecular complexity index is 718. The van der Waals surface area contributed by atoms with Crippen molar-refractivity contribution in [3.05, 3.63) is 47.7 Å². The van der Waals surface area contributed by atoms with E-state index in [2.05, 4.69) is 32.5 Å². The van der Waals surface area contributed by atoms with Crippen LogP contribution in [0.5, 0.6) is 5.75 Å². The molecule has 0 unspecified atom stereocenters. The van der Waals surface area contributed by atoms with Crippen LogP contribution in [0.15, 0.2) is 36.4 Å². The molecule has 2 aromatic rings. The molecule has 0 aliphatic carbocycles. The molecular weight excluding hydrogens is 316 g/mol. The second-order valence-electron chi connectivity index (χ2n) is 6.33. The van der Waals surface area contributed by atoms with Gasteiger partial charge in [0.1, 0.15) is 5.75 Å². The zero-order valence-corrected chi connectivity index (χ0v) is 14.7. The molecule has 0 spiro atoms. The fourth-order valence-corrected chi connectivity index (χ4v) is 3.37. The molecule has 1 saturated heterocycles. The van der Waals surface area contributed by atoms with E-state index >= 15 is 0 Å². The number of ether oxygens (including phenoxy) is 1. The van der Waals surface area contributed by atoms with Gasteiger partial charge in [-0.05, 0) is 48.9 Å².